The molecule has 8 nitrogen and oxygen atoms in total. The van der Waals surface area contributed by atoms with Crippen LogP contribution in [0.2, 0.25) is 5.02 Å². The van der Waals surface area contributed by atoms with Gasteiger partial charge in [0.1, 0.15) is 0 Å². The normalized spacial score (nSPS) is 19.8. The van der Waals surface area contributed by atoms with Gasteiger partial charge in [-0.2, -0.15) is 9.50 Å². The Labute approximate surface area is 192 Å². The Hall–Kier alpha value is -2.43. The minimum absolute atomic E-state index is 0.0870. The van der Waals surface area contributed by atoms with Gasteiger partial charge in [-0.3, -0.25) is 4.90 Å². The van der Waals surface area contributed by atoms with Gasteiger partial charge in [-0.1, -0.05) is 35.1 Å². The van der Waals surface area contributed by atoms with Crippen LogP contribution in [0.1, 0.15) is 29.3 Å². The van der Waals surface area contributed by atoms with Crippen LogP contribution in [-0.4, -0.2) is 56.7 Å². The van der Waals surface area contributed by atoms with Gasteiger partial charge < -0.3 is 19.0 Å². The van der Waals surface area contributed by atoms with E-state index in [1.165, 1.54) is 15.9 Å². The van der Waals surface area contributed by atoms with Gasteiger partial charge in [-0.25, -0.2) is 0 Å². The van der Waals surface area contributed by atoms with E-state index in [0.29, 0.717) is 34.8 Å². The molecule has 4 aromatic rings. The molecule has 1 spiro atoms. The first-order valence-electron chi connectivity index (χ1n) is 10.5. The number of ether oxygens (including phenoxy) is 2. The zero-order valence-electron chi connectivity index (χ0n) is 17.1. The average Bonchev–Trinajstić information content (AvgIpc) is 3.59. The van der Waals surface area contributed by atoms with E-state index in [1.54, 1.807) is 18.4 Å². The summed E-state index contributed by atoms with van der Waals surface area (Å²) in [5, 5.41) is 16.3. The summed E-state index contributed by atoms with van der Waals surface area (Å²) < 4.78 is 18.7. The second-order valence-electron chi connectivity index (χ2n) is 7.99. The molecule has 166 valence electrons. The van der Waals surface area contributed by atoms with Crippen LogP contribution in [0.25, 0.3) is 16.5 Å². The summed E-state index contributed by atoms with van der Waals surface area (Å²) >= 11 is 7.58. The van der Waals surface area contributed by atoms with Gasteiger partial charge in [0.05, 0.1) is 30.4 Å². The van der Waals surface area contributed by atoms with Crippen LogP contribution in [0.4, 0.5) is 0 Å². The molecule has 0 radical (unpaired) electrons. The molecule has 3 aromatic heterocycles. The maximum atomic E-state index is 11.2. The van der Waals surface area contributed by atoms with Crippen LogP contribution in [0, 0.1) is 0 Å². The highest BCUT2D eigenvalue weighted by atomic mass is 35.5. The number of aromatic hydroxyl groups is 1. The molecule has 1 atom stereocenters. The third kappa shape index (κ3) is 3.41. The zero-order valence-corrected chi connectivity index (χ0v) is 18.7. The Bertz CT molecular complexity index is 1220. The predicted octanol–water partition coefficient (Wildman–Crippen LogP) is 4.34. The third-order valence-corrected chi connectivity index (χ3v) is 7.44. The van der Waals surface area contributed by atoms with Gasteiger partial charge in [0.15, 0.2) is 11.5 Å². The van der Waals surface area contributed by atoms with E-state index in [4.69, 9.17) is 25.5 Å². The smallest absolute Gasteiger partial charge is 0.230 e. The summed E-state index contributed by atoms with van der Waals surface area (Å²) in [6.45, 7) is 2.84. The van der Waals surface area contributed by atoms with Crippen LogP contribution >= 0.6 is 22.9 Å². The SMILES string of the molecule is Oc1c(C(c2ccc(Cl)cc2)N2CCC3(CC2)OCCO3)sc2nc(-c3ccco3)nn12. The zero-order chi connectivity index (χ0) is 21.7. The highest BCUT2D eigenvalue weighted by Gasteiger charge is 2.42. The molecule has 1 N–H and O–H groups in total. The van der Waals surface area contributed by atoms with Crippen LogP contribution in [0.5, 0.6) is 5.88 Å². The summed E-state index contributed by atoms with van der Waals surface area (Å²) in [6.07, 6.45) is 3.13. The molecule has 1 aromatic carbocycles. The lowest BCUT2D eigenvalue weighted by Crippen LogP contribution is -2.46. The lowest BCUT2D eigenvalue weighted by atomic mass is 9.97. The molecular formula is C22H21ClN4O4S. The number of halogens is 1. The van der Waals surface area contributed by atoms with E-state index in [2.05, 4.69) is 15.0 Å². The number of benzene rings is 1. The van der Waals surface area contributed by atoms with E-state index in [1.807, 2.05) is 24.3 Å². The molecule has 2 aliphatic heterocycles. The van der Waals surface area contributed by atoms with E-state index in [9.17, 15) is 5.11 Å². The quantitative estimate of drug-likeness (QED) is 0.473. The van der Waals surface area contributed by atoms with E-state index in [-0.39, 0.29) is 11.9 Å². The third-order valence-electron chi connectivity index (χ3n) is 6.11. The Morgan fingerprint density at radius 1 is 1.09 bits per heavy atom. The van der Waals surface area contributed by atoms with Gasteiger partial charge in [-0.15, -0.1) is 5.10 Å². The van der Waals surface area contributed by atoms with Crippen molar-refractivity contribution in [2.24, 2.45) is 0 Å². The molecule has 6 rings (SSSR count). The van der Waals surface area contributed by atoms with Crippen LogP contribution in [0.15, 0.2) is 47.1 Å². The van der Waals surface area contributed by atoms with Crippen molar-refractivity contribution in [3.05, 3.63) is 58.1 Å². The molecule has 2 aliphatic rings. The lowest BCUT2D eigenvalue weighted by molar-refractivity contribution is -0.187. The van der Waals surface area contributed by atoms with E-state index < -0.39 is 5.79 Å². The number of hydrogen-bond acceptors (Lipinski definition) is 8. The van der Waals surface area contributed by atoms with E-state index >= 15 is 0 Å². The van der Waals surface area contributed by atoms with Gasteiger partial charge in [0.2, 0.25) is 16.7 Å². The topological polar surface area (TPSA) is 85.3 Å². The number of furan rings is 1. The molecule has 0 aliphatic carbocycles. The molecule has 1 unspecified atom stereocenters. The Balaban J connectivity index is 1.37. The minimum Gasteiger partial charge on any atom is -0.492 e. The fourth-order valence-electron chi connectivity index (χ4n) is 4.52. The largest absolute Gasteiger partial charge is 0.492 e. The molecule has 5 heterocycles. The number of hydrogen-bond donors (Lipinski definition) is 1. The molecule has 32 heavy (non-hydrogen) atoms. The van der Waals surface area contributed by atoms with Crippen LogP contribution in [0.3, 0.4) is 0 Å². The molecular weight excluding hydrogens is 452 g/mol. The first kappa shape index (κ1) is 20.2. The number of rotatable bonds is 4. The first-order chi connectivity index (χ1) is 15.6. The monoisotopic (exact) mass is 472 g/mol. The number of aromatic nitrogens is 3. The molecule has 0 amide bonds. The summed E-state index contributed by atoms with van der Waals surface area (Å²) in [4.78, 5) is 8.31. The second-order valence-corrected chi connectivity index (χ2v) is 9.44. The lowest BCUT2D eigenvalue weighted by Gasteiger charge is -2.41. The van der Waals surface area contributed by atoms with E-state index in [0.717, 1.165) is 36.4 Å². The van der Waals surface area contributed by atoms with Crippen molar-refractivity contribution in [1.29, 1.82) is 0 Å². The van der Waals surface area contributed by atoms with Crippen molar-refractivity contribution in [3.8, 4) is 17.5 Å². The summed E-state index contributed by atoms with van der Waals surface area (Å²) in [6, 6.07) is 11.2. The Kier molecular flexibility index (Phi) is 4.96. The number of thiazole rings is 1. The molecule has 0 saturated carbocycles. The van der Waals surface area contributed by atoms with Gasteiger partial charge in [0, 0.05) is 31.0 Å². The Morgan fingerprint density at radius 2 is 1.84 bits per heavy atom. The van der Waals surface area contributed by atoms with Gasteiger partial charge in [-0.05, 0) is 29.8 Å². The highest BCUT2D eigenvalue weighted by molar-refractivity contribution is 7.17. The molecule has 2 saturated heterocycles. The maximum Gasteiger partial charge on any atom is 0.230 e. The summed E-state index contributed by atoms with van der Waals surface area (Å²) in [5.41, 5.74) is 1.05. The van der Waals surface area contributed by atoms with Crippen molar-refractivity contribution in [3.63, 3.8) is 0 Å². The van der Waals surface area contributed by atoms with Crippen LogP contribution < -0.4 is 0 Å². The number of likely N-dealkylation sites (tertiary alicyclic amines) is 1. The van der Waals surface area contributed by atoms with Crippen molar-refractivity contribution >= 4 is 27.9 Å². The second kappa shape index (κ2) is 7.86. The molecule has 10 heteroatoms. The van der Waals surface area contributed by atoms with Crippen molar-refractivity contribution in [2.45, 2.75) is 24.7 Å². The number of piperidine rings is 1. The molecule has 0 bridgehead atoms. The maximum absolute atomic E-state index is 11.2. The summed E-state index contributed by atoms with van der Waals surface area (Å²) in [5.74, 6) is 0.631. The number of nitrogens with zero attached hydrogens (tertiary/aromatic N) is 4. The standard InChI is InChI=1S/C22H21ClN4O4S/c23-15-5-3-14(4-6-15)17(26-9-7-22(8-10-26)30-12-13-31-22)18-20(28)27-21(32-18)24-19(25-27)16-2-1-11-29-16/h1-6,11,17,28H,7-10,12-13H2. The average molecular weight is 473 g/mol. The fourth-order valence-corrected chi connectivity index (χ4v) is 5.76. The highest BCUT2D eigenvalue weighted by Crippen LogP contribution is 2.43. The fraction of sp³-hybridized carbons (Fsp3) is 0.364. The van der Waals surface area contributed by atoms with Crippen molar-refractivity contribution in [2.75, 3.05) is 26.3 Å². The number of fused-ring (bicyclic) bond motifs is 1. The molecule has 2 fully saturated rings. The predicted molar refractivity (Wildman–Crippen MR) is 119 cm³/mol. The van der Waals surface area contributed by atoms with Crippen molar-refractivity contribution in [1.82, 2.24) is 19.5 Å². The first-order valence-corrected chi connectivity index (χ1v) is 11.7. The minimum atomic E-state index is -0.466. The van der Waals surface area contributed by atoms with Gasteiger partial charge in [0.25, 0.3) is 0 Å². The summed E-state index contributed by atoms with van der Waals surface area (Å²) in [7, 11) is 0. The van der Waals surface area contributed by atoms with Gasteiger partial charge >= 0.3 is 0 Å². The Morgan fingerprint density at radius 3 is 2.50 bits per heavy atom. The van der Waals surface area contributed by atoms with Crippen molar-refractivity contribution < 1.29 is 19.0 Å². The van der Waals surface area contributed by atoms with Crippen LogP contribution in [-0.2, 0) is 9.47 Å².